The number of unbranched alkanes of at least 4 members (excludes halogenated alkanes) is 1. The third-order valence-electron chi connectivity index (χ3n) is 3.51. The zero-order valence-electron chi connectivity index (χ0n) is 12.3. The predicted molar refractivity (Wildman–Crippen MR) is 82.6 cm³/mol. The molecule has 0 radical (unpaired) electrons. The minimum atomic E-state index is 0.142. The SMILES string of the molecule is CCCC[C@@H](CC(=O)C(C)C)Cc1cccc(Cl)c1. The first-order valence-electron chi connectivity index (χ1n) is 7.30. The number of Topliss-reactive ketones (excluding diaryl/α,β-unsaturated/α-hetero) is 1. The van der Waals surface area contributed by atoms with Crippen LogP contribution in [0.5, 0.6) is 0 Å². The van der Waals surface area contributed by atoms with Crippen molar-refractivity contribution in [1.29, 1.82) is 0 Å². The van der Waals surface area contributed by atoms with E-state index >= 15 is 0 Å². The highest BCUT2D eigenvalue weighted by Gasteiger charge is 2.16. The van der Waals surface area contributed by atoms with E-state index in [4.69, 9.17) is 11.6 Å². The van der Waals surface area contributed by atoms with Crippen LogP contribution in [-0.4, -0.2) is 5.78 Å². The molecule has 1 atom stereocenters. The molecule has 0 saturated carbocycles. The number of carbonyl (C=O) groups is 1. The van der Waals surface area contributed by atoms with Crippen molar-refractivity contribution in [3.8, 4) is 0 Å². The third-order valence-corrected chi connectivity index (χ3v) is 3.75. The molecule has 1 aromatic rings. The van der Waals surface area contributed by atoms with Gasteiger partial charge in [0.2, 0.25) is 0 Å². The highest BCUT2D eigenvalue weighted by Crippen LogP contribution is 2.22. The predicted octanol–water partition coefficient (Wildman–Crippen LogP) is 5.30. The van der Waals surface area contributed by atoms with Gasteiger partial charge in [-0.25, -0.2) is 0 Å². The summed E-state index contributed by atoms with van der Waals surface area (Å²) in [5.74, 6) is 0.972. The minimum Gasteiger partial charge on any atom is -0.299 e. The van der Waals surface area contributed by atoms with E-state index in [0.29, 0.717) is 18.1 Å². The zero-order chi connectivity index (χ0) is 14.3. The van der Waals surface area contributed by atoms with Crippen molar-refractivity contribution in [2.24, 2.45) is 11.8 Å². The number of hydrogen-bond donors (Lipinski definition) is 0. The topological polar surface area (TPSA) is 17.1 Å². The Bertz CT molecular complexity index is 398. The largest absolute Gasteiger partial charge is 0.299 e. The molecule has 1 rings (SSSR count). The molecule has 0 spiro atoms. The Hall–Kier alpha value is -0.820. The molecule has 0 amide bonds. The molecule has 19 heavy (non-hydrogen) atoms. The van der Waals surface area contributed by atoms with Crippen molar-refractivity contribution >= 4 is 17.4 Å². The number of hydrogen-bond acceptors (Lipinski definition) is 1. The van der Waals surface area contributed by atoms with E-state index in [0.717, 1.165) is 17.9 Å². The fourth-order valence-corrected chi connectivity index (χ4v) is 2.50. The normalized spacial score (nSPS) is 12.7. The maximum Gasteiger partial charge on any atom is 0.135 e. The molecule has 0 N–H and O–H groups in total. The van der Waals surface area contributed by atoms with Crippen molar-refractivity contribution in [2.75, 3.05) is 0 Å². The van der Waals surface area contributed by atoms with Crippen molar-refractivity contribution in [1.82, 2.24) is 0 Å². The summed E-state index contributed by atoms with van der Waals surface area (Å²) in [6.45, 7) is 6.16. The van der Waals surface area contributed by atoms with Gasteiger partial charge in [0.05, 0.1) is 0 Å². The van der Waals surface area contributed by atoms with Gasteiger partial charge in [-0.15, -0.1) is 0 Å². The molecule has 0 heterocycles. The van der Waals surface area contributed by atoms with E-state index in [1.165, 1.54) is 18.4 Å². The van der Waals surface area contributed by atoms with Crippen molar-refractivity contribution < 1.29 is 4.79 Å². The highest BCUT2D eigenvalue weighted by atomic mass is 35.5. The second kappa shape index (κ2) is 8.37. The molecule has 106 valence electrons. The van der Waals surface area contributed by atoms with Crippen LogP contribution in [0.15, 0.2) is 24.3 Å². The summed E-state index contributed by atoms with van der Waals surface area (Å²) in [7, 11) is 0. The van der Waals surface area contributed by atoms with Gasteiger partial charge in [-0.3, -0.25) is 4.79 Å². The van der Waals surface area contributed by atoms with Crippen LogP contribution in [0.4, 0.5) is 0 Å². The van der Waals surface area contributed by atoms with E-state index in [2.05, 4.69) is 13.0 Å². The molecule has 0 aliphatic heterocycles. The quantitative estimate of drug-likeness (QED) is 0.631. The Morgan fingerprint density at radius 3 is 2.63 bits per heavy atom. The third kappa shape index (κ3) is 6.24. The Kier molecular flexibility index (Phi) is 7.15. The molecule has 0 saturated heterocycles. The van der Waals surface area contributed by atoms with Gasteiger partial charge in [-0.2, -0.15) is 0 Å². The molecule has 1 nitrogen and oxygen atoms in total. The van der Waals surface area contributed by atoms with E-state index < -0.39 is 0 Å². The van der Waals surface area contributed by atoms with Gasteiger partial charge in [0, 0.05) is 17.4 Å². The molecule has 0 bridgehead atoms. The van der Waals surface area contributed by atoms with Crippen molar-refractivity contribution in [2.45, 2.75) is 52.9 Å². The summed E-state index contributed by atoms with van der Waals surface area (Å²) < 4.78 is 0. The van der Waals surface area contributed by atoms with Crippen LogP contribution in [-0.2, 0) is 11.2 Å². The molecule has 0 aromatic heterocycles. The molecule has 0 aliphatic rings. The molecule has 1 aromatic carbocycles. The summed E-state index contributed by atoms with van der Waals surface area (Å²) in [6, 6.07) is 8.00. The average molecular weight is 281 g/mol. The summed E-state index contributed by atoms with van der Waals surface area (Å²) in [4.78, 5) is 11.9. The number of halogens is 1. The summed E-state index contributed by atoms with van der Waals surface area (Å²) in [5, 5.41) is 0.780. The van der Waals surface area contributed by atoms with Crippen LogP contribution >= 0.6 is 11.6 Å². The second-order valence-electron chi connectivity index (χ2n) is 5.67. The van der Waals surface area contributed by atoms with E-state index in [9.17, 15) is 4.79 Å². The van der Waals surface area contributed by atoms with Gasteiger partial charge in [0.25, 0.3) is 0 Å². The maximum atomic E-state index is 11.9. The first kappa shape index (κ1) is 16.2. The highest BCUT2D eigenvalue weighted by molar-refractivity contribution is 6.30. The van der Waals surface area contributed by atoms with E-state index in [1.54, 1.807) is 0 Å². The summed E-state index contributed by atoms with van der Waals surface area (Å²) >= 11 is 6.02. The van der Waals surface area contributed by atoms with E-state index in [-0.39, 0.29) is 5.92 Å². The lowest BCUT2D eigenvalue weighted by Gasteiger charge is -2.17. The first-order chi connectivity index (χ1) is 9.02. The van der Waals surface area contributed by atoms with Crippen LogP contribution in [0.3, 0.4) is 0 Å². The van der Waals surface area contributed by atoms with Crippen LogP contribution in [0, 0.1) is 11.8 Å². The molecule has 0 fully saturated rings. The van der Waals surface area contributed by atoms with Gasteiger partial charge in [0.15, 0.2) is 0 Å². The number of rotatable bonds is 8. The van der Waals surface area contributed by atoms with Crippen LogP contribution in [0.1, 0.15) is 52.0 Å². The van der Waals surface area contributed by atoms with Gasteiger partial charge in [-0.05, 0) is 36.5 Å². The van der Waals surface area contributed by atoms with Crippen LogP contribution in [0.2, 0.25) is 5.02 Å². The number of benzene rings is 1. The van der Waals surface area contributed by atoms with Gasteiger partial charge in [0.1, 0.15) is 5.78 Å². The Labute approximate surface area is 122 Å². The fourth-order valence-electron chi connectivity index (χ4n) is 2.29. The Morgan fingerprint density at radius 1 is 1.32 bits per heavy atom. The van der Waals surface area contributed by atoms with Crippen molar-refractivity contribution in [3.05, 3.63) is 34.9 Å². The monoisotopic (exact) mass is 280 g/mol. The maximum absolute atomic E-state index is 11.9. The van der Waals surface area contributed by atoms with Crippen LogP contribution < -0.4 is 0 Å². The van der Waals surface area contributed by atoms with Crippen molar-refractivity contribution in [3.63, 3.8) is 0 Å². The number of carbonyl (C=O) groups excluding carboxylic acids is 1. The zero-order valence-corrected chi connectivity index (χ0v) is 13.0. The lowest BCUT2D eigenvalue weighted by Crippen LogP contribution is -2.15. The average Bonchev–Trinajstić information content (AvgIpc) is 2.35. The first-order valence-corrected chi connectivity index (χ1v) is 7.67. The molecule has 2 heteroatoms. The standard InChI is InChI=1S/C17H25ClO/c1-4-5-7-15(12-17(19)13(2)3)10-14-8-6-9-16(18)11-14/h6,8-9,11,13,15H,4-5,7,10,12H2,1-3H3/t15-/m1/s1. The number of ketones is 1. The molecule has 0 unspecified atom stereocenters. The molecule has 0 aliphatic carbocycles. The lowest BCUT2D eigenvalue weighted by molar-refractivity contribution is -0.122. The fraction of sp³-hybridized carbons (Fsp3) is 0.588. The molecular weight excluding hydrogens is 256 g/mol. The minimum absolute atomic E-state index is 0.142. The van der Waals surface area contributed by atoms with Gasteiger partial charge < -0.3 is 0 Å². The smallest absolute Gasteiger partial charge is 0.135 e. The Morgan fingerprint density at radius 2 is 2.05 bits per heavy atom. The summed E-state index contributed by atoms with van der Waals surface area (Å²) in [5.41, 5.74) is 1.24. The lowest BCUT2D eigenvalue weighted by atomic mass is 9.87. The Balaban J connectivity index is 2.65. The second-order valence-corrected chi connectivity index (χ2v) is 6.10. The van der Waals surface area contributed by atoms with Gasteiger partial charge >= 0.3 is 0 Å². The van der Waals surface area contributed by atoms with E-state index in [1.807, 2.05) is 32.0 Å². The van der Waals surface area contributed by atoms with Gasteiger partial charge in [-0.1, -0.05) is 57.3 Å². The molecular formula is C17H25ClO. The summed E-state index contributed by atoms with van der Waals surface area (Å²) in [6.07, 6.45) is 5.16. The van der Waals surface area contributed by atoms with Crippen LogP contribution in [0.25, 0.3) is 0 Å².